The smallest absolute Gasteiger partial charge is 0.341 e. The van der Waals surface area contributed by atoms with Gasteiger partial charge in [0, 0.05) is 0 Å². The Morgan fingerprint density at radius 3 is 2.50 bits per heavy atom. The summed E-state index contributed by atoms with van der Waals surface area (Å²) in [6.07, 6.45) is 7.50. The molecule has 1 heterocycles. The first-order chi connectivity index (χ1) is 7.71. The second-order valence-electron chi connectivity index (χ2n) is 4.95. The van der Waals surface area contributed by atoms with Gasteiger partial charge in [-0.3, -0.25) is 0 Å². The number of hydrogen-bond acceptors (Lipinski definition) is 3. The third kappa shape index (κ3) is 1.65. The van der Waals surface area contributed by atoms with E-state index in [9.17, 15) is 4.79 Å². The lowest BCUT2D eigenvalue weighted by Crippen LogP contribution is -2.37. The van der Waals surface area contributed by atoms with E-state index in [0.717, 1.165) is 25.7 Å². The summed E-state index contributed by atoms with van der Waals surface area (Å²) in [7, 11) is 0. The third-order valence-corrected chi connectivity index (χ3v) is 3.93. The van der Waals surface area contributed by atoms with Gasteiger partial charge >= 0.3 is 5.97 Å². The standard InChI is InChI=1S/C13H22O3/c1-3-8-13(11(14)15-4-2)12(16-13)9-6-5-7-10-12/h3-10H2,1-2H3. The van der Waals surface area contributed by atoms with Gasteiger partial charge in [-0.25, -0.2) is 4.79 Å². The summed E-state index contributed by atoms with van der Waals surface area (Å²) in [6, 6.07) is 0. The first-order valence-corrected chi connectivity index (χ1v) is 6.58. The van der Waals surface area contributed by atoms with Crippen molar-refractivity contribution in [3.8, 4) is 0 Å². The zero-order chi connectivity index (χ0) is 11.6. The normalized spacial score (nSPS) is 31.4. The van der Waals surface area contributed by atoms with Crippen LogP contribution in [0.3, 0.4) is 0 Å². The monoisotopic (exact) mass is 226 g/mol. The molecule has 0 aromatic carbocycles. The molecule has 0 N–H and O–H groups in total. The van der Waals surface area contributed by atoms with Gasteiger partial charge in [-0.05, 0) is 26.2 Å². The number of rotatable bonds is 4. The van der Waals surface area contributed by atoms with Gasteiger partial charge in [0.15, 0.2) is 5.60 Å². The van der Waals surface area contributed by atoms with Crippen molar-refractivity contribution in [2.45, 2.75) is 70.0 Å². The van der Waals surface area contributed by atoms with Crippen LogP contribution in [0.5, 0.6) is 0 Å². The first kappa shape index (κ1) is 11.9. The number of epoxide rings is 1. The van der Waals surface area contributed by atoms with Crippen molar-refractivity contribution in [3.63, 3.8) is 0 Å². The molecule has 1 unspecified atom stereocenters. The second kappa shape index (κ2) is 4.36. The number of carbonyl (C=O) groups is 1. The molecule has 2 fully saturated rings. The van der Waals surface area contributed by atoms with E-state index in [1.807, 2.05) is 6.92 Å². The Kier molecular flexibility index (Phi) is 3.24. The van der Waals surface area contributed by atoms with Gasteiger partial charge in [0.25, 0.3) is 0 Å². The van der Waals surface area contributed by atoms with E-state index < -0.39 is 5.60 Å². The van der Waals surface area contributed by atoms with Gasteiger partial charge < -0.3 is 9.47 Å². The highest BCUT2D eigenvalue weighted by Gasteiger charge is 2.74. The van der Waals surface area contributed by atoms with Crippen LogP contribution in [0.1, 0.15) is 58.8 Å². The maximum atomic E-state index is 12.0. The van der Waals surface area contributed by atoms with Crippen molar-refractivity contribution in [2.24, 2.45) is 0 Å². The minimum Gasteiger partial charge on any atom is -0.464 e. The van der Waals surface area contributed by atoms with Crippen LogP contribution in [0, 0.1) is 0 Å². The van der Waals surface area contributed by atoms with Crippen LogP contribution in [0.25, 0.3) is 0 Å². The number of carbonyl (C=O) groups excluding carboxylic acids is 1. The van der Waals surface area contributed by atoms with E-state index >= 15 is 0 Å². The predicted molar refractivity (Wildman–Crippen MR) is 61.2 cm³/mol. The number of ether oxygens (including phenoxy) is 2. The molecule has 0 aromatic rings. The molecule has 0 amide bonds. The van der Waals surface area contributed by atoms with Crippen LogP contribution < -0.4 is 0 Å². The summed E-state index contributed by atoms with van der Waals surface area (Å²) in [5.41, 5.74) is -0.744. The molecule has 2 aliphatic rings. The molecule has 1 aliphatic heterocycles. The molecule has 3 nitrogen and oxygen atoms in total. The summed E-state index contributed by atoms with van der Waals surface area (Å²) in [6.45, 7) is 4.40. The van der Waals surface area contributed by atoms with Crippen LogP contribution in [-0.2, 0) is 14.3 Å². The first-order valence-electron chi connectivity index (χ1n) is 6.58. The predicted octanol–water partition coefficient (Wildman–Crippen LogP) is 2.82. The second-order valence-corrected chi connectivity index (χ2v) is 4.95. The van der Waals surface area contributed by atoms with E-state index in [0.29, 0.717) is 6.61 Å². The topological polar surface area (TPSA) is 38.8 Å². The molecule has 1 spiro atoms. The molecule has 0 radical (unpaired) electrons. The van der Waals surface area contributed by atoms with Gasteiger partial charge in [0.1, 0.15) is 5.60 Å². The Bertz CT molecular complexity index is 268. The third-order valence-electron chi connectivity index (χ3n) is 3.93. The van der Waals surface area contributed by atoms with Crippen LogP contribution in [0.2, 0.25) is 0 Å². The summed E-state index contributed by atoms with van der Waals surface area (Å²) in [5, 5.41) is 0. The van der Waals surface area contributed by atoms with Gasteiger partial charge in [-0.2, -0.15) is 0 Å². The summed E-state index contributed by atoms with van der Waals surface area (Å²) in [4.78, 5) is 12.0. The molecular weight excluding hydrogens is 204 g/mol. The average Bonchev–Trinajstić information content (AvgIpc) is 2.89. The highest BCUT2D eigenvalue weighted by molar-refractivity contribution is 5.85. The lowest BCUT2D eigenvalue weighted by Gasteiger charge is -2.22. The fourth-order valence-electron chi connectivity index (χ4n) is 3.15. The zero-order valence-electron chi connectivity index (χ0n) is 10.4. The molecule has 1 saturated heterocycles. The van der Waals surface area contributed by atoms with Crippen molar-refractivity contribution in [2.75, 3.05) is 6.61 Å². The van der Waals surface area contributed by atoms with Gasteiger partial charge in [0.2, 0.25) is 0 Å². The van der Waals surface area contributed by atoms with Gasteiger partial charge in [-0.1, -0.05) is 32.6 Å². The van der Waals surface area contributed by atoms with Crippen molar-refractivity contribution in [1.82, 2.24) is 0 Å². The lowest BCUT2D eigenvalue weighted by atomic mass is 9.78. The molecule has 0 bridgehead atoms. The Morgan fingerprint density at radius 2 is 1.94 bits per heavy atom. The largest absolute Gasteiger partial charge is 0.464 e. The maximum Gasteiger partial charge on any atom is 0.341 e. The molecular formula is C13H22O3. The molecule has 1 saturated carbocycles. The van der Waals surface area contributed by atoms with Crippen molar-refractivity contribution in [1.29, 1.82) is 0 Å². The summed E-state index contributed by atoms with van der Waals surface area (Å²) < 4.78 is 11.1. The lowest BCUT2D eigenvalue weighted by molar-refractivity contribution is -0.150. The van der Waals surface area contributed by atoms with Crippen LogP contribution in [0.4, 0.5) is 0 Å². The minimum absolute atomic E-state index is 0.126. The van der Waals surface area contributed by atoms with Gasteiger partial charge in [0.05, 0.1) is 6.61 Å². The van der Waals surface area contributed by atoms with E-state index in [1.54, 1.807) is 0 Å². The van der Waals surface area contributed by atoms with Crippen LogP contribution >= 0.6 is 0 Å². The van der Waals surface area contributed by atoms with Crippen molar-refractivity contribution < 1.29 is 14.3 Å². The zero-order valence-corrected chi connectivity index (χ0v) is 10.4. The number of esters is 1. The highest BCUT2D eigenvalue weighted by atomic mass is 16.7. The Labute approximate surface area is 97.5 Å². The maximum absolute atomic E-state index is 12.0. The molecule has 16 heavy (non-hydrogen) atoms. The number of hydrogen-bond donors (Lipinski definition) is 0. The SMILES string of the molecule is CCCC1(C(=O)OCC)OC12CCCCC2. The molecule has 92 valence electrons. The minimum atomic E-state index is -0.585. The fraction of sp³-hybridized carbons (Fsp3) is 0.923. The van der Waals surface area contributed by atoms with E-state index in [4.69, 9.17) is 9.47 Å². The van der Waals surface area contributed by atoms with Crippen molar-refractivity contribution in [3.05, 3.63) is 0 Å². The molecule has 3 heteroatoms. The highest BCUT2D eigenvalue weighted by Crippen LogP contribution is 2.59. The fourth-order valence-corrected chi connectivity index (χ4v) is 3.15. The molecule has 1 atom stereocenters. The van der Waals surface area contributed by atoms with E-state index in [2.05, 4.69) is 6.92 Å². The van der Waals surface area contributed by atoms with E-state index in [-0.39, 0.29) is 11.6 Å². The molecule has 1 aliphatic carbocycles. The average molecular weight is 226 g/mol. The molecule has 2 rings (SSSR count). The van der Waals surface area contributed by atoms with Crippen LogP contribution in [0.15, 0.2) is 0 Å². The molecule has 0 aromatic heterocycles. The van der Waals surface area contributed by atoms with Crippen molar-refractivity contribution >= 4 is 5.97 Å². The van der Waals surface area contributed by atoms with Gasteiger partial charge in [-0.15, -0.1) is 0 Å². The summed E-state index contributed by atoms with van der Waals surface area (Å²) in [5.74, 6) is -0.126. The Balaban J connectivity index is 2.10. The Hall–Kier alpha value is -0.570. The van der Waals surface area contributed by atoms with Crippen LogP contribution in [-0.4, -0.2) is 23.8 Å². The van der Waals surface area contributed by atoms with E-state index in [1.165, 1.54) is 19.3 Å². The Morgan fingerprint density at radius 1 is 1.25 bits per heavy atom. The quantitative estimate of drug-likeness (QED) is 0.546. The summed E-state index contributed by atoms with van der Waals surface area (Å²) >= 11 is 0.